The number of fused-ring (bicyclic) bond motifs is 1. The Kier molecular flexibility index (Phi) is 6.10. The van der Waals surface area contributed by atoms with Gasteiger partial charge in [-0.25, -0.2) is 4.98 Å². The number of hydrogen-bond donors (Lipinski definition) is 1. The summed E-state index contributed by atoms with van der Waals surface area (Å²) in [5, 5.41) is 3.90. The summed E-state index contributed by atoms with van der Waals surface area (Å²) >= 11 is 3.51. The number of nitrogens with one attached hydrogen (secondary N) is 1. The normalized spacial score (nSPS) is 10.7. The summed E-state index contributed by atoms with van der Waals surface area (Å²) in [6.07, 6.45) is 0.747. The number of pyridine rings is 1. The Morgan fingerprint density at radius 3 is 2.57 bits per heavy atom. The summed E-state index contributed by atoms with van der Waals surface area (Å²) in [5.74, 6) is 0.726. The second-order valence-corrected chi connectivity index (χ2v) is 7.85. The first-order valence-electron chi connectivity index (χ1n) is 9.71. The first-order chi connectivity index (χ1) is 14.6. The van der Waals surface area contributed by atoms with Crippen molar-refractivity contribution < 1.29 is 9.53 Å². The zero-order chi connectivity index (χ0) is 20.9. The number of amides is 1. The molecule has 4 rings (SSSR count). The summed E-state index contributed by atoms with van der Waals surface area (Å²) < 4.78 is 6.16. The molecule has 1 N–H and O–H groups in total. The van der Waals surface area contributed by atoms with E-state index in [-0.39, 0.29) is 5.91 Å². The summed E-state index contributed by atoms with van der Waals surface area (Å²) in [6.45, 7) is 0.550. The molecule has 0 saturated carbocycles. The quantitative estimate of drug-likeness (QED) is 0.404. The standard InChI is InChI=1S/C25H21BrN2O2/c1-30-20-11-9-17(10-12-20)13-14-27-25(29)22-16-24(18-5-4-6-19(26)15-18)28-23-8-3-2-7-21(22)23/h2-12,15-16H,13-14H2,1H3,(H,27,29). The van der Waals surface area contributed by atoms with E-state index in [2.05, 4.69) is 21.2 Å². The Labute approximate surface area is 184 Å². The van der Waals surface area contributed by atoms with E-state index in [0.29, 0.717) is 12.1 Å². The highest BCUT2D eigenvalue weighted by atomic mass is 79.9. The van der Waals surface area contributed by atoms with Gasteiger partial charge in [-0.1, -0.05) is 58.4 Å². The van der Waals surface area contributed by atoms with Gasteiger partial charge < -0.3 is 10.1 Å². The van der Waals surface area contributed by atoms with Gasteiger partial charge in [0.25, 0.3) is 5.91 Å². The van der Waals surface area contributed by atoms with Crippen LogP contribution in [0.15, 0.2) is 83.3 Å². The highest BCUT2D eigenvalue weighted by molar-refractivity contribution is 9.10. The van der Waals surface area contributed by atoms with Crippen LogP contribution in [0.2, 0.25) is 0 Å². The van der Waals surface area contributed by atoms with Gasteiger partial charge >= 0.3 is 0 Å². The molecule has 30 heavy (non-hydrogen) atoms. The van der Waals surface area contributed by atoms with Gasteiger partial charge in [-0.2, -0.15) is 0 Å². The Morgan fingerprint density at radius 2 is 1.80 bits per heavy atom. The summed E-state index contributed by atoms with van der Waals surface area (Å²) in [5.41, 5.74) is 4.31. The topological polar surface area (TPSA) is 51.2 Å². The van der Waals surface area contributed by atoms with Crippen molar-refractivity contribution >= 4 is 32.7 Å². The van der Waals surface area contributed by atoms with Crippen LogP contribution >= 0.6 is 15.9 Å². The number of methoxy groups -OCH3 is 1. The fraction of sp³-hybridized carbons (Fsp3) is 0.120. The molecule has 0 aliphatic heterocycles. The molecule has 4 aromatic rings. The van der Waals surface area contributed by atoms with Crippen LogP contribution in [-0.4, -0.2) is 24.5 Å². The van der Waals surface area contributed by atoms with Crippen molar-refractivity contribution in [2.75, 3.05) is 13.7 Å². The van der Waals surface area contributed by atoms with Gasteiger partial charge in [0.1, 0.15) is 5.75 Å². The van der Waals surface area contributed by atoms with E-state index in [0.717, 1.165) is 44.4 Å². The molecule has 1 aromatic heterocycles. The minimum atomic E-state index is -0.0987. The number of benzene rings is 3. The fourth-order valence-corrected chi connectivity index (χ4v) is 3.77. The maximum atomic E-state index is 13.0. The fourth-order valence-electron chi connectivity index (χ4n) is 3.37. The third-order valence-corrected chi connectivity index (χ3v) is 5.43. The molecule has 0 radical (unpaired) electrons. The zero-order valence-electron chi connectivity index (χ0n) is 16.6. The molecule has 0 bridgehead atoms. The summed E-state index contributed by atoms with van der Waals surface area (Å²) in [6, 6.07) is 25.4. The van der Waals surface area contributed by atoms with Crippen LogP contribution in [0.5, 0.6) is 5.75 Å². The maximum absolute atomic E-state index is 13.0. The molecule has 150 valence electrons. The summed E-state index contributed by atoms with van der Waals surface area (Å²) in [4.78, 5) is 17.8. The van der Waals surface area contributed by atoms with Crippen molar-refractivity contribution in [1.29, 1.82) is 0 Å². The minimum Gasteiger partial charge on any atom is -0.497 e. The molecule has 0 spiro atoms. The highest BCUT2D eigenvalue weighted by Crippen LogP contribution is 2.26. The number of rotatable bonds is 6. The van der Waals surface area contributed by atoms with Crippen LogP contribution in [0.25, 0.3) is 22.2 Å². The Bertz CT molecular complexity index is 1190. The monoisotopic (exact) mass is 460 g/mol. The van der Waals surface area contributed by atoms with E-state index in [1.54, 1.807) is 7.11 Å². The molecule has 5 heteroatoms. The van der Waals surface area contributed by atoms with Crippen LogP contribution in [0.4, 0.5) is 0 Å². The first kappa shape index (κ1) is 20.1. The van der Waals surface area contributed by atoms with Crippen LogP contribution in [0.3, 0.4) is 0 Å². The molecule has 0 unspecified atom stereocenters. The van der Waals surface area contributed by atoms with Gasteiger partial charge in [0.2, 0.25) is 0 Å². The Balaban J connectivity index is 1.57. The molecule has 1 amide bonds. The zero-order valence-corrected chi connectivity index (χ0v) is 18.1. The van der Waals surface area contributed by atoms with Crippen molar-refractivity contribution in [3.63, 3.8) is 0 Å². The second kappa shape index (κ2) is 9.09. The largest absolute Gasteiger partial charge is 0.497 e. The molecule has 4 nitrogen and oxygen atoms in total. The SMILES string of the molecule is COc1ccc(CCNC(=O)c2cc(-c3cccc(Br)c3)nc3ccccc23)cc1. The third-order valence-electron chi connectivity index (χ3n) is 4.94. The lowest BCUT2D eigenvalue weighted by molar-refractivity contribution is 0.0955. The average Bonchev–Trinajstić information content (AvgIpc) is 2.78. The number of para-hydroxylation sites is 1. The van der Waals surface area contributed by atoms with E-state index in [1.807, 2.05) is 78.9 Å². The number of carbonyl (C=O) groups excluding carboxylic acids is 1. The average molecular weight is 461 g/mol. The smallest absolute Gasteiger partial charge is 0.252 e. The molecule has 3 aromatic carbocycles. The van der Waals surface area contributed by atoms with Gasteiger partial charge in [0.05, 0.1) is 23.9 Å². The van der Waals surface area contributed by atoms with Crippen LogP contribution in [-0.2, 0) is 6.42 Å². The van der Waals surface area contributed by atoms with Crippen LogP contribution < -0.4 is 10.1 Å². The van der Waals surface area contributed by atoms with Gasteiger partial charge in [0.15, 0.2) is 0 Å². The van der Waals surface area contributed by atoms with Crippen molar-refractivity contribution in [1.82, 2.24) is 10.3 Å². The van der Waals surface area contributed by atoms with E-state index in [9.17, 15) is 4.79 Å². The van der Waals surface area contributed by atoms with E-state index in [1.165, 1.54) is 0 Å². The molecule has 0 aliphatic rings. The van der Waals surface area contributed by atoms with Crippen molar-refractivity contribution in [3.8, 4) is 17.0 Å². The number of halogens is 1. The minimum absolute atomic E-state index is 0.0987. The Morgan fingerprint density at radius 1 is 1.00 bits per heavy atom. The molecule has 1 heterocycles. The van der Waals surface area contributed by atoms with E-state index < -0.39 is 0 Å². The lowest BCUT2D eigenvalue weighted by Gasteiger charge is -2.11. The molecular weight excluding hydrogens is 440 g/mol. The molecule has 0 aliphatic carbocycles. The lowest BCUT2D eigenvalue weighted by Crippen LogP contribution is -2.26. The van der Waals surface area contributed by atoms with Crippen molar-refractivity contribution in [3.05, 3.63) is 94.5 Å². The molecule has 0 saturated heterocycles. The van der Waals surface area contributed by atoms with Gasteiger partial charge in [0, 0.05) is 22.0 Å². The van der Waals surface area contributed by atoms with Crippen molar-refractivity contribution in [2.24, 2.45) is 0 Å². The van der Waals surface area contributed by atoms with E-state index >= 15 is 0 Å². The Hall–Kier alpha value is -3.18. The lowest BCUT2D eigenvalue weighted by atomic mass is 10.0. The second-order valence-electron chi connectivity index (χ2n) is 6.94. The van der Waals surface area contributed by atoms with Gasteiger partial charge in [-0.05, 0) is 48.4 Å². The summed E-state index contributed by atoms with van der Waals surface area (Å²) in [7, 11) is 1.65. The number of ether oxygens (including phenoxy) is 1. The maximum Gasteiger partial charge on any atom is 0.252 e. The number of nitrogens with zero attached hydrogens (tertiary/aromatic N) is 1. The van der Waals surface area contributed by atoms with Gasteiger partial charge in [-0.3, -0.25) is 4.79 Å². The number of carbonyl (C=O) groups is 1. The first-order valence-corrected chi connectivity index (χ1v) is 10.5. The highest BCUT2D eigenvalue weighted by Gasteiger charge is 2.14. The van der Waals surface area contributed by atoms with Crippen LogP contribution in [0.1, 0.15) is 15.9 Å². The third kappa shape index (κ3) is 4.52. The van der Waals surface area contributed by atoms with E-state index in [4.69, 9.17) is 9.72 Å². The predicted molar refractivity (Wildman–Crippen MR) is 124 cm³/mol. The van der Waals surface area contributed by atoms with Crippen LogP contribution in [0, 0.1) is 0 Å². The number of hydrogen-bond acceptors (Lipinski definition) is 3. The van der Waals surface area contributed by atoms with Crippen molar-refractivity contribution in [2.45, 2.75) is 6.42 Å². The molecular formula is C25H21BrN2O2. The predicted octanol–water partition coefficient (Wildman–Crippen LogP) is 5.65. The molecule has 0 atom stereocenters. The number of aromatic nitrogens is 1. The van der Waals surface area contributed by atoms with Gasteiger partial charge in [-0.15, -0.1) is 0 Å². The molecule has 0 fully saturated rings.